The van der Waals surface area contributed by atoms with Crippen molar-refractivity contribution in [2.45, 2.75) is 6.04 Å². The fraction of sp³-hybridized carbons (Fsp3) is 0.143. The van der Waals surface area contributed by atoms with Crippen LogP contribution in [-0.4, -0.2) is 32.5 Å². The lowest BCUT2D eigenvalue weighted by atomic mass is 10.0. The van der Waals surface area contributed by atoms with Crippen molar-refractivity contribution in [2.24, 2.45) is 7.05 Å². The van der Waals surface area contributed by atoms with Crippen LogP contribution in [0.2, 0.25) is 0 Å². The van der Waals surface area contributed by atoms with Gasteiger partial charge in [0.05, 0.1) is 18.0 Å². The second kappa shape index (κ2) is 7.96. The number of imidazole rings is 1. The molecule has 0 spiro atoms. The van der Waals surface area contributed by atoms with Crippen molar-refractivity contribution in [1.82, 2.24) is 24.8 Å². The lowest BCUT2D eigenvalue weighted by Crippen LogP contribution is -2.31. The molecule has 1 atom stereocenters. The average molecular weight is 421 g/mol. The number of methoxy groups -OCH3 is 1. The highest BCUT2D eigenvalue weighted by Gasteiger charge is 2.22. The summed E-state index contributed by atoms with van der Waals surface area (Å²) < 4.78 is 7.28. The third-order valence-corrected chi connectivity index (χ3v) is 5.05. The van der Waals surface area contributed by atoms with E-state index in [0.29, 0.717) is 22.3 Å². The largest absolute Gasteiger partial charge is 0.497 e. The number of hydrogen-bond acceptors (Lipinski definition) is 5. The molecule has 4 aromatic rings. The molecule has 2 heterocycles. The van der Waals surface area contributed by atoms with Gasteiger partial charge in [-0.15, -0.1) is 0 Å². The maximum Gasteiger partial charge on any atom is 0.259 e. The third-order valence-electron chi connectivity index (χ3n) is 4.84. The van der Waals surface area contributed by atoms with Gasteiger partial charge in [0.2, 0.25) is 0 Å². The summed E-state index contributed by atoms with van der Waals surface area (Å²) in [6.45, 7) is 0. The molecule has 152 valence electrons. The van der Waals surface area contributed by atoms with Crippen LogP contribution in [0.4, 0.5) is 0 Å². The number of aryl methyl sites for hydroxylation is 1. The Kier molecular flexibility index (Phi) is 5.20. The Morgan fingerprint density at radius 1 is 1.20 bits per heavy atom. The molecule has 0 fully saturated rings. The summed E-state index contributed by atoms with van der Waals surface area (Å²) in [5.74, 6) is 1.10. The summed E-state index contributed by atoms with van der Waals surface area (Å²) in [7, 11) is 3.47. The first kappa shape index (κ1) is 19.6. The maximum absolute atomic E-state index is 13.1. The quantitative estimate of drug-likeness (QED) is 0.430. The van der Waals surface area contributed by atoms with Gasteiger partial charge in [-0.05, 0) is 48.1 Å². The third kappa shape index (κ3) is 3.74. The Hall–Kier alpha value is -3.72. The second-order valence-electron chi connectivity index (χ2n) is 6.74. The summed E-state index contributed by atoms with van der Waals surface area (Å²) in [5, 5.41) is 3.46. The summed E-state index contributed by atoms with van der Waals surface area (Å²) in [5.41, 5.74) is 1.45. The molecule has 0 saturated heterocycles. The molecule has 2 aromatic heterocycles. The topological polar surface area (TPSA) is 105 Å². The Bertz CT molecular complexity index is 1340. The van der Waals surface area contributed by atoms with Crippen molar-refractivity contribution in [2.75, 3.05) is 7.11 Å². The predicted molar refractivity (Wildman–Crippen MR) is 115 cm³/mol. The standard InChI is InChI=1S/C21H19N5O3S/c1-26-10-9-22-18(26)17(12-3-6-14(29-2)7-4-12)24-19(27)13-5-8-15-16(11-13)23-21(30)25-20(15)28/h3-11,17H,1-2H3,(H,24,27)(H2,23,25,28,30). The molecule has 4 rings (SSSR count). The molecule has 0 aliphatic carbocycles. The van der Waals surface area contributed by atoms with Crippen LogP contribution in [0.5, 0.6) is 5.75 Å². The van der Waals surface area contributed by atoms with Crippen LogP contribution in [0.1, 0.15) is 27.8 Å². The maximum atomic E-state index is 13.1. The minimum absolute atomic E-state index is 0.203. The van der Waals surface area contributed by atoms with Crippen LogP contribution in [-0.2, 0) is 7.05 Å². The molecule has 0 aliphatic rings. The monoisotopic (exact) mass is 421 g/mol. The lowest BCUT2D eigenvalue weighted by Gasteiger charge is -2.19. The van der Waals surface area contributed by atoms with Gasteiger partial charge in [0.15, 0.2) is 4.77 Å². The number of aromatic amines is 2. The summed E-state index contributed by atoms with van der Waals surface area (Å²) in [6, 6.07) is 11.8. The number of aromatic nitrogens is 4. The molecule has 3 N–H and O–H groups in total. The highest BCUT2D eigenvalue weighted by Crippen LogP contribution is 2.23. The van der Waals surface area contributed by atoms with Gasteiger partial charge in [-0.3, -0.25) is 14.6 Å². The Morgan fingerprint density at radius 2 is 1.97 bits per heavy atom. The number of benzene rings is 2. The zero-order valence-corrected chi connectivity index (χ0v) is 17.1. The SMILES string of the molecule is COc1ccc(C(NC(=O)c2ccc3c(=O)[nH]c(=S)[nH]c3c2)c2nccn2C)cc1. The number of amides is 1. The molecule has 0 bridgehead atoms. The molecular weight excluding hydrogens is 402 g/mol. The van der Waals surface area contributed by atoms with Gasteiger partial charge in [0.1, 0.15) is 17.6 Å². The molecule has 9 heteroatoms. The first-order valence-electron chi connectivity index (χ1n) is 9.14. The molecule has 0 radical (unpaired) electrons. The van der Waals surface area contributed by atoms with Crippen molar-refractivity contribution in [3.05, 3.63) is 86.9 Å². The van der Waals surface area contributed by atoms with Crippen LogP contribution >= 0.6 is 12.2 Å². The van der Waals surface area contributed by atoms with Gasteiger partial charge in [-0.25, -0.2) is 4.98 Å². The Labute approximate surface area is 176 Å². The van der Waals surface area contributed by atoms with E-state index in [1.165, 1.54) is 0 Å². The van der Waals surface area contributed by atoms with Crippen molar-refractivity contribution in [3.63, 3.8) is 0 Å². The van der Waals surface area contributed by atoms with E-state index in [4.69, 9.17) is 17.0 Å². The van der Waals surface area contributed by atoms with E-state index in [2.05, 4.69) is 20.3 Å². The van der Waals surface area contributed by atoms with Crippen molar-refractivity contribution in [1.29, 1.82) is 0 Å². The number of hydrogen-bond donors (Lipinski definition) is 3. The van der Waals surface area contributed by atoms with Gasteiger partial charge < -0.3 is 19.6 Å². The first-order chi connectivity index (χ1) is 14.5. The Balaban J connectivity index is 1.71. The summed E-state index contributed by atoms with van der Waals surface area (Å²) in [4.78, 5) is 34.9. The van der Waals surface area contributed by atoms with Crippen LogP contribution in [0.3, 0.4) is 0 Å². The van der Waals surface area contributed by atoms with Crippen LogP contribution < -0.4 is 15.6 Å². The van der Waals surface area contributed by atoms with E-state index in [1.54, 1.807) is 31.5 Å². The predicted octanol–water partition coefficient (Wildman–Crippen LogP) is 2.85. The second-order valence-corrected chi connectivity index (χ2v) is 7.15. The fourth-order valence-electron chi connectivity index (χ4n) is 3.27. The van der Waals surface area contributed by atoms with Gasteiger partial charge in [0.25, 0.3) is 11.5 Å². The highest BCUT2D eigenvalue weighted by molar-refractivity contribution is 7.71. The first-order valence-corrected chi connectivity index (χ1v) is 9.55. The highest BCUT2D eigenvalue weighted by atomic mass is 32.1. The number of H-pyrrole nitrogens is 2. The minimum atomic E-state index is -0.475. The normalized spacial score (nSPS) is 11.9. The van der Waals surface area contributed by atoms with E-state index in [1.807, 2.05) is 42.1 Å². The van der Waals surface area contributed by atoms with Crippen molar-refractivity contribution < 1.29 is 9.53 Å². The molecule has 1 unspecified atom stereocenters. The summed E-state index contributed by atoms with van der Waals surface area (Å²) >= 11 is 5.03. The zero-order valence-electron chi connectivity index (χ0n) is 16.3. The van der Waals surface area contributed by atoms with Gasteiger partial charge in [0, 0.05) is 25.0 Å². The smallest absolute Gasteiger partial charge is 0.259 e. The number of nitrogens with zero attached hydrogens (tertiary/aromatic N) is 2. The molecule has 1 amide bonds. The van der Waals surface area contributed by atoms with Crippen molar-refractivity contribution >= 4 is 29.0 Å². The molecular formula is C21H19N5O3S. The number of carbonyl (C=O) groups excluding carboxylic acids is 1. The average Bonchev–Trinajstić information content (AvgIpc) is 3.17. The number of rotatable bonds is 5. The van der Waals surface area contributed by atoms with Crippen LogP contribution in [0, 0.1) is 4.77 Å². The number of nitrogens with one attached hydrogen (secondary N) is 3. The minimum Gasteiger partial charge on any atom is -0.497 e. The van der Waals surface area contributed by atoms with E-state index < -0.39 is 6.04 Å². The number of ether oxygens (including phenoxy) is 1. The van der Waals surface area contributed by atoms with Gasteiger partial charge in [-0.2, -0.15) is 0 Å². The van der Waals surface area contributed by atoms with Crippen LogP contribution in [0.25, 0.3) is 10.9 Å². The number of fused-ring (bicyclic) bond motifs is 1. The van der Waals surface area contributed by atoms with Crippen LogP contribution in [0.15, 0.2) is 59.7 Å². The van der Waals surface area contributed by atoms with E-state index in [-0.39, 0.29) is 16.2 Å². The van der Waals surface area contributed by atoms with E-state index in [9.17, 15) is 9.59 Å². The molecule has 0 aliphatic heterocycles. The van der Waals surface area contributed by atoms with Gasteiger partial charge in [-0.1, -0.05) is 12.1 Å². The summed E-state index contributed by atoms with van der Waals surface area (Å²) in [6.07, 6.45) is 3.50. The molecule has 0 saturated carbocycles. The van der Waals surface area contributed by atoms with E-state index in [0.717, 1.165) is 11.3 Å². The fourth-order valence-corrected chi connectivity index (χ4v) is 3.48. The number of carbonyl (C=O) groups is 1. The molecule has 2 aromatic carbocycles. The molecule has 8 nitrogen and oxygen atoms in total. The van der Waals surface area contributed by atoms with Crippen molar-refractivity contribution in [3.8, 4) is 5.75 Å². The zero-order chi connectivity index (χ0) is 21.3. The lowest BCUT2D eigenvalue weighted by molar-refractivity contribution is 0.0941. The Morgan fingerprint density at radius 3 is 2.63 bits per heavy atom. The van der Waals surface area contributed by atoms with Gasteiger partial charge >= 0.3 is 0 Å². The van der Waals surface area contributed by atoms with E-state index >= 15 is 0 Å². The molecule has 30 heavy (non-hydrogen) atoms.